The Hall–Kier alpha value is -0.640. The summed E-state index contributed by atoms with van der Waals surface area (Å²) in [6.45, 7) is 63.4. The quantitative estimate of drug-likeness (QED) is 0.231. The highest BCUT2D eigenvalue weighted by molar-refractivity contribution is 5.05. The fourth-order valence-electron chi connectivity index (χ4n) is 21.5. The van der Waals surface area contributed by atoms with Crippen LogP contribution in [0.4, 0.5) is 0 Å². The van der Waals surface area contributed by atoms with Gasteiger partial charge in [0.2, 0.25) is 0 Å². The van der Waals surface area contributed by atoms with Crippen molar-refractivity contribution in [1.29, 1.82) is 0 Å². The molecule has 16 heteroatoms. The first-order chi connectivity index (χ1) is 49.8. The van der Waals surface area contributed by atoms with E-state index in [1.165, 1.54) is 311 Å². The molecular formula is C88H192N16. The molecule has 0 radical (unpaired) electrons. The Morgan fingerprint density at radius 1 is 0.144 bits per heavy atom. The van der Waals surface area contributed by atoms with Crippen LogP contribution in [0, 0.1) is 10.8 Å². The van der Waals surface area contributed by atoms with Gasteiger partial charge in [-0.25, -0.2) is 0 Å². The molecule has 0 saturated carbocycles. The van der Waals surface area contributed by atoms with Crippen molar-refractivity contribution in [1.82, 2.24) is 78.4 Å². The zero-order chi connectivity index (χ0) is 79.2. The highest BCUT2D eigenvalue weighted by atomic mass is 15.4. The molecule has 16 aliphatic rings. The summed E-state index contributed by atoms with van der Waals surface area (Å²) in [6, 6.07) is 0. The second-order valence-corrected chi connectivity index (χ2v) is 34.0. The Balaban J connectivity index is 0.000000578. The van der Waals surface area contributed by atoms with Crippen molar-refractivity contribution in [2.75, 3.05) is 270 Å². The van der Waals surface area contributed by atoms with E-state index in [-0.39, 0.29) is 0 Å². The van der Waals surface area contributed by atoms with Gasteiger partial charge in [-0.05, 0) is 382 Å². The highest BCUT2D eigenvalue weighted by Crippen LogP contribution is 2.43. The van der Waals surface area contributed by atoms with E-state index in [0.29, 0.717) is 44.3 Å². The molecule has 0 aliphatic carbocycles. The topological polar surface area (TPSA) is 51.8 Å². The monoisotopic (exact) mass is 1470 g/mol. The summed E-state index contributed by atoms with van der Waals surface area (Å²) in [7, 11) is 36.1. The number of rotatable bonds is 0. The summed E-state index contributed by atoms with van der Waals surface area (Å²) in [5.41, 5.74) is 4.62. The lowest BCUT2D eigenvalue weighted by Crippen LogP contribution is -2.50. The van der Waals surface area contributed by atoms with Gasteiger partial charge >= 0.3 is 0 Å². The molecule has 0 aromatic rings. The average Bonchev–Trinajstić information content (AvgIpc) is 1.61. The number of nitrogens with zero attached hydrogens (tertiary/aromatic N) is 16. The Morgan fingerprint density at radius 2 is 0.288 bits per heavy atom. The Bertz CT molecular complexity index is 1830. The van der Waals surface area contributed by atoms with Gasteiger partial charge in [0.05, 0.1) is 11.3 Å². The van der Waals surface area contributed by atoms with E-state index in [9.17, 15) is 0 Å². The van der Waals surface area contributed by atoms with E-state index in [1.807, 2.05) is 111 Å². The Kier molecular flexibility index (Phi) is 49.9. The first-order valence-corrected chi connectivity index (χ1v) is 45.0. The van der Waals surface area contributed by atoms with Crippen LogP contribution in [0.3, 0.4) is 0 Å². The molecular weight excluding hydrogens is 1280 g/mol. The Labute approximate surface area is 654 Å². The van der Waals surface area contributed by atoms with Crippen LogP contribution < -0.4 is 0 Å². The van der Waals surface area contributed by atoms with Crippen molar-refractivity contribution < 1.29 is 0 Å². The molecule has 624 valence electrons. The van der Waals surface area contributed by atoms with Crippen LogP contribution in [0.2, 0.25) is 0 Å². The first kappa shape index (κ1) is 101. The molecule has 16 aliphatic heterocycles. The third kappa shape index (κ3) is 27.9. The first-order valence-electron chi connectivity index (χ1n) is 45.0. The van der Waals surface area contributed by atoms with Crippen molar-refractivity contribution >= 4 is 0 Å². The molecule has 0 aromatic heterocycles. The minimum absolute atomic E-state index is 0.472. The number of likely N-dealkylation sites (N-methyl/N-ethyl adjacent to an activating group) is 8. The van der Waals surface area contributed by atoms with Crippen LogP contribution in [0.1, 0.15) is 265 Å². The van der Waals surface area contributed by atoms with Crippen LogP contribution in [0.5, 0.6) is 0 Å². The van der Waals surface area contributed by atoms with E-state index in [0.717, 1.165) is 0 Å². The zero-order valence-corrected chi connectivity index (χ0v) is 77.1. The molecule has 0 N–H and O–H groups in total. The summed E-state index contributed by atoms with van der Waals surface area (Å²) in [5, 5.41) is 0. The van der Waals surface area contributed by atoms with Gasteiger partial charge < -0.3 is 39.2 Å². The predicted octanol–water partition coefficient (Wildman–Crippen LogP) is 14.9. The van der Waals surface area contributed by atoms with Gasteiger partial charge in [0.25, 0.3) is 0 Å². The van der Waals surface area contributed by atoms with E-state index < -0.39 is 0 Å². The summed E-state index contributed by atoms with van der Waals surface area (Å²) in [4.78, 5) is 40.2. The summed E-state index contributed by atoms with van der Waals surface area (Å²) < 4.78 is 0. The van der Waals surface area contributed by atoms with Crippen molar-refractivity contribution in [3.8, 4) is 0 Å². The molecule has 4 atom stereocenters. The second-order valence-electron chi connectivity index (χ2n) is 34.0. The van der Waals surface area contributed by atoms with Gasteiger partial charge in [0.1, 0.15) is 0 Å². The summed E-state index contributed by atoms with van der Waals surface area (Å²) in [5.74, 6) is 0. The lowest BCUT2D eigenvalue weighted by atomic mass is 9.86. The molecule has 16 saturated heterocycles. The molecule has 8 spiro atoms. The molecule has 0 amide bonds. The third-order valence-electron chi connectivity index (χ3n) is 27.5. The Morgan fingerprint density at radius 3 is 0.394 bits per heavy atom. The second kappa shape index (κ2) is 51.2. The van der Waals surface area contributed by atoms with E-state index in [4.69, 9.17) is 0 Å². The number of hydrogen-bond acceptors (Lipinski definition) is 16. The molecule has 0 bridgehead atoms. The smallest absolute Gasteiger partial charge is 0.0733 e. The van der Waals surface area contributed by atoms with E-state index in [2.05, 4.69) is 191 Å². The van der Waals surface area contributed by atoms with Crippen LogP contribution >= 0.6 is 0 Å². The normalized spacial score (nSPS) is 31.4. The third-order valence-corrected chi connectivity index (χ3v) is 27.5. The lowest BCUT2D eigenvalue weighted by Gasteiger charge is -2.38. The molecule has 4 unspecified atom stereocenters. The zero-order valence-electron chi connectivity index (χ0n) is 77.1. The lowest BCUT2D eigenvalue weighted by molar-refractivity contribution is 0.0387. The van der Waals surface area contributed by atoms with Crippen molar-refractivity contribution in [3.05, 3.63) is 0 Å². The molecule has 16 rings (SSSR count). The fourth-order valence-corrected chi connectivity index (χ4v) is 21.5. The molecule has 104 heavy (non-hydrogen) atoms. The predicted molar refractivity (Wildman–Crippen MR) is 464 cm³/mol. The maximum absolute atomic E-state index is 2.57. The maximum Gasteiger partial charge on any atom is 0.0733 e. The summed E-state index contributed by atoms with van der Waals surface area (Å²) >= 11 is 0. The molecule has 16 nitrogen and oxygen atoms in total. The largest absolute Gasteiger partial charge is 0.306 e. The van der Waals surface area contributed by atoms with E-state index >= 15 is 0 Å². The minimum Gasteiger partial charge on any atom is -0.306 e. The van der Waals surface area contributed by atoms with Gasteiger partial charge in [0, 0.05) is 74.5 Å². The number of hydrogen-bond donors (Lipinski definition) is 0. The van der Waals surface area contributed by atoms with Gasteiger partial charge in [-0.3, -0.25) is 39.2 Å². The SMILES string of the molecule is CC.CC.CC.CC.CC.CC.CC.CC.CN1CCC2(CCCN2C)C1.CN1CCC2(CCCN2C)C1.CN1CCC2(CCCN2C)C1.CN1CCC2(CCCN2C)C1.CN1CCC2(CCN(C)C2)C1.CN1CCC2(CCN(C)C2)C1.CN1CCCC12CCCN2C.CN1CCCC12CCCN2C. The van der Waals surface area contributed by atoms with Crippen molar-refractivity contribution in [2.24, 2.45) is 10.8 Å². The van der Waals surface area contributed by atoms with Gasteiger partial charge in [-0.2, -0.15) is 0 Å². The van der Waals surface area contributed by atoms with Crippen LogP contribution in [-0.4, -0.2) is 382 Å². The standard InChI is InChI=1S/8C9H18N2.8C2H6/c2*1-10-5-3-9(7-10)4-6-11(2)8-9;2*1-10-7-3-5-9(10)6-4-8-11(9)2;4*1-10-7-5-9(8-10)4-3-6-11(9)2;8*1-2/h8*3-8H2,1-2H3;8*1-2H3. The van der Waals surface area contributed by atoms with Crippen molar-refractivity contribution in [2.45, 2.75) is 298 Å². The van der Waals surface area contributed by atoms with Gasteiger partial charge in [-0.15, -0.1) is 0 Å². The summed E-state index contributed by atoms with van der Waals surface area (Å²) in [6.07, 6.45) is 33.7. The average molecular weight is 1470 g/mol. The van der Waals surface area contributed by atoms with Crippen LogP contribution in [0.25, 0.3) is 0 Å². The van der Waals surface area contributed by atoms with Crippen molar-refractivity contribution in [3.63, 3.8) is 0 Å². The molecule has 16 fully saturated rings. The maximum atomic E-state index is 2.57. The highest BCUT2D eigenvalue weighted by Gasteiger charge is 2.49. The minimum atomic E-state index is 0.472. The van der Waals surface area contributed by atoms with Crippen LogP contribution in [-0.2, 0) is 0 Å². The fraction of sp³-hybridized carbons (Fsp3) is 1.00. The van der Waals surface area contributed by atoms with E-state index in [1.54, 1.807) is 0 Å². The van der Waals surface area contributed by atoms with Crippen LogP contribution in [0.15, 0.2) is 0 Å². The van der Waals surface area contributed by atoms with Gasteiger partial charge in [-0.1, -0.05) is 111 Å². The van der Waals surface area contributed by atoms with Gasteiger partial charge in [0.15, 0.2) is 0 Å². The molecule has 0 aromatic carbocycles. The molecule has 16 heterocycles. The number of likely N-dealkylation sites (tertiary alicyclic amines) is 16.